The molecule has 1 aliphatic rings. The highest BCUT2D eigenvalue weighted by Crippen LogP contribution is 2.27. The van der Waals surface area contributed by atoms with E-state index in [1.54, 1.807) is 24.5 Å². The van der Waals surface area contributed by atoms with Crippen LogP contribution < -0.4 is 0 Å². The zero-order valence-corrected chi connectivity index (χ0v) is 15.5. The van der Waals surface area contributed by atoms with Gasteiger partial charge in [-0.15, -0.1) is 0 Å². The van der Waals surface area contributed by atoms with E-state index in [1.807, 2.05) is 21.7 Å². The molecule has 1 aliphatic heterocycles. The first-order valence-corrected chi connectivity index (χ1v) is 9.08. The molecular weight excluding hydrogens is 399 g/mol. The van der Waals surface area contributed by atoms with E-state index in [1.165, 1.54) is 12.1 Å². The number of nitrogens with zero attached hydrogens (tertiary/aromatic N) is 4. The molecule has 7 heteroatoms. The zero-order valence-electron chi connectivity index (χ0n) is 13.9. The van der Waals surface area contributed by atoms with Gasteiger partial charge < -0.3 is 4.90 Å². The molecule has 0 saturated carbocycles. The molecule has 3 heterocycles. The number of halogens is 2. The van der Waals surface area contributed by atoms with Gasteiger partial charge in [0.2, 0.25) is 5.91 Å². The summed E-state index contributed by atoms with van der Waals surface area (Å²) < 4.78 is 15.8. The van der Waals surface area contributed by atoms with Gasteiger partial charge >= 0.3 is 0 Å². The highest BCUT2D eigenvalue weighted by Gasteiger charge is 2.24. The van der Waals surface area contributed by atoms with Gasteiger partial charge in [0.1, 0.15) is 10.4 Å². The Morgan fingerprint density at radius 3 is 2.77 bits per heavy atom. The molecule has 0 unspecified atom stereocenters. The minimum atomic E-state index is -0.268. The second-order valence-electron chi connectivity index (χ2n) is 6.21. The topological polar surface area (TPSA) is 51.0 Å². The van der Waals surface area contributed by atoms with Crippen molar-refractivity contribution in [2.24, 2.45) is 0 Å². The quantitative estimate of drug-likeness (QED) is 0.616. The maximum atomic E-state index is 13.2. The lowest BCUT2D eigenvalue weighted by atomic mass is 10.0. The van der Waals surface area contributed by atoms with Crippen LogP contribution in [0.1, 0.15) is 11.3 Å². The van der Waals surface area contributed by atoms with Crippen molar-refractivity contribution in [3.8, 4) is 11.1 Å². The Bertz CT molecular complexity index is 954. The summed E-state index contributed by atoms with van der Waals surface area (Å²) in [7, 11) is 0. The Balaban J connectivity index is 1.54. The predicted molar refractivity (Wildman–Crippen MR) is 98.7 cm³/mol. The number of amides is 1. The number of pyridine rings is 1. The third-order valence-corrected chi connectivity index (χ3v) is 4.96. The average Bonchev–Trinajstić information content (AvgIpc) is 3.05. The second-order valence-corrected chi connectivity index (χ2v) is 7.03. The average molecular weight is 415 g/mol. The number of hydrogen-bond donors (Lipinski definition) is 0. The van der Waals surface area contributed by atoms with Gasteiger partial charge in [-0.3, -0.25) is 9.48 Å². The SMILES string of the molecule is O=C(Cc1ccnc(Br)c1)N1CCn2ncc(-c3ccc(F)cc3)c2C1. The molecule has 2 aromatic heterocycles. The Labute approximate surface area is 158 Å². The van der Waals surface area contributed by atoms with Gasteiger partial charge in [0.25, 0.3) is 0 Å². The number of aromatic nitrogens is 3. The summed E-state index contributed by atoms with van der Waals surface area (Å²) in [6.45, 7) is 1.78. The minimum absolute atomic E-state index is 0.0700. The molecule has 132 valence electrons. The van der Waals surface area contributed by atoms with Crippen molar-refractivity contribution in [3.63, 3.8) is 0 Å². The van der Waals surface area contributed by atoms with E-state index in [0.717, 1.165) is 27.0 Å². The summed E-state index contributed by atoms with van der Waals surface area (Å²) in [5.41, 5.74) is 3.75. The molecule has 0 N–H and O–H groups in total. The van der Waals surface area contributed by atoms with Crippen molar-refractivity contribution in [2.75, 3.05) is 6.54 Å². The molecule has 0 bridgehead atoms. The van der Waals surface area contributed by atoms with Crippen LogP contribution in [0.15, 0.2) is 53.4 Å². The largest absolute Gasteiger partial charge is 0.335 e. The molecular formula is C19H16BrFN4O. The Morgan fingerprint density at radius 1 is 1.19 bits per heavy atom. The van der Waals surface area contributed by atoms with E-state index < -0.39 is 0 Å². The van der Waals surface area contributed by atoms with Crippen molar-refractivity contribution in [2.45, 2.75) is 19.5 Å². The van der Waals surface area contributed by atoms with Crippen molar-refractivity contribution in [1.82, 2.24) is 19.7 Å². The van der Waals surface area contributed by atoms with E-state index in [4.69, 9.17) is 0 Å². The maximum absolute atomic E-state index is 13.2. The number of benzene rings is 1. The fourth-order valence-electron chi connectivity index (χ4n) is 3.17. The molecule has 0 aliphatic carbocycles. The van der Waals surface area contributed by atoms with Crippen molar-refractivity contribution >= 4 is 21.8 Å². The maximum Gasteiger partial charge on any atom is 0.227 e. The molecule has 4 rings (SSSR count). The number of fused-ring (bicyclic) bond motifs is 1. The van der Waals surface area contributed by atoms with Crippen LogP contribution in [-0.2, 0) is 24.3 Å². The van der Waals surface area contributed by atoms with Gasteiger partial charge in [-0.25, -0.2) is 9.37 Å². The molecule has 0 fully saturated rings. The molecule has 0 radical (unpaired) electrons. The molecule has 26 heavy (non-hydrogen) atoms. The first kappa shape index (κ1) is 16.9. The lowest BCUT2D eigenvalue weighted by molar-refractivity contribution is -0.131. The van der Waals surface area contributed by atoms with Crippen LogP contribution in [-0.4, -0.2) is 32.1 Å². The third kappa shape index (κ3) is 3.39. The molecule has 0 atom stereocenters. The Hall–Kier alpha value is -2.54. The fraction of sp³-hybridized carbons (Fsp3) is 0.211. The molecule has 3 aromatic rings. The molecule has 0 saturated heterocycles. The van der Waals surface area contributed by atoms with Crippen LogP contribution in [0.4, 0.5) is 4.39 Å². The van der Waals surface area contributed by atoms with Crippen LogP contribution >= 0.6 is 15.9 Å². The van der Waals surface area contributed by atoms with E-state index in [-0.39, 0.29) is 11.7 Å². The monoisotopic (exact) mass is 414 g/mol. The van der Waals surface area contributed by atoms with Crippen molar-refractivity contribution in [3.05, 3.63) is 70.5 Å². The smallest absolute Gasteiger partial charge is 0.227 e. The summed E-state index contributed by atoms with van der Waals surface area (Å²) in [6.07, 6.45) is 3.81. The van der Waals surface area contributed by atoms with Gasteiger partial charge in [-0.05, 0) is 51.3 Å². The van der Waals surface area contributed by atoms with Gasteiger partial charge in [-0.2, -0.15) is 5.10 Å². The van der Waals surface area contributed by atoms with Gasteiger partial charge in [-0.1, -0.05) is 12.1 Å². The van der Waals surface area contributed by atoms with E-state index in [9.17, 15) is 9.18 Å². The normalized spacial score (nSPS) is 13.5. The summed E-state index contributed by atoms with van der Waals surface area (Å²) in [6, 6.07) is 10.1. The summed E-state index contributed by atoms with van der Waals surface area (Å²) >= 11 is 3.33. The van der Waals surface area contributed by atoms with E-state index in [2.05, 4.69) is 26.0 Å². The summed E-state index contributed by atoms with van der Waals surface area (Å²) in [5.74, 6) is -0.198. The first-order chi connectivity index (χ1) is 12.6. The highest BCUT2D eigenvalue weighted by molar-refractivity contribution is 9.10. The summed E-state index contributed by atoms with van der Waals surface area (Å²) in [4.78, 5) is 18.6. The van der Waals surface area contributed by atoms with Crippen LogP contribution in [0, 0.1) is 5.82 Å². The predicted octanol–water partition coefficient (Wildman–Crippen LogP) is 3.43. The Morgan fingerprint density at radius 2 is 2.00 bits per heavy atom. The number of hydrogen-bond acceptors (Lipinski definition) is 3. The molecule has 0 spiro atoms. The van der Waals surface area contributed by atoms with E-state index in [0.29, 0.717) is 26.1 Å². The molecule has 5 nitrogen and oxygen atoms in total. The van der Waals surface area contributed by atoms with Gasteiger partial charge in [0.05, 0.1) is 31.4 Å². The van der Waals surface area contributed by atoms with Crippen LogP contribution in [0.25, 0.3) is 11.1 Å². The van der Waals surface area contributed by atoms with Gasteiger partial charge in [0, 0.05) is 18.3 Å². The zero-order chi connectivity index (χ0) is 18.1. The van der Waals surface area contributed by atoms with Crippen LogP contribution in [0.5, 0.6) is 0 Å². The lowest BCUT2D eigenvalue weighted by Crippen LogP contribution is -2.39. The van der Waals surface area contributed by atoms with Gasteiger partial charge in [0.15, 0.2) is 0 Å². The number of carbonyl (C=O) groups is 1. The van der Waals surface area contributed by atoms with E-state index >= 15 is 0 Å². The molecule has 1 aromatic carbocycles. The number of carbonyl (C=O) groups excluding carboxylic acids is 1. The van der Waals surface area contributed by atoms with Crippen molar-refractivity contribution < 1.29 is 9.18 Å². The van der Waals surface area contributed by atoms with Crippen LogP contribution in [0.2, 0.25) is 0 Å². The minimum Gasteiger partial charge on any atom is -0.335 e. The second kappa shape index (κ2) is 6.99. The number of rotatable bonds is 3. The first-order valence-electron chi connectivity index (χ1n) is 8.29. The lowest BCUT2D eigenvalue weighted by Gasteiger charge is -2.28. The molecule has 1 amide bonds. The standard InChI is InChI=1S/C19H16BrFN4O/c20-18-9-13(5-6-22-18)10-19(26)24-7-8-25-17(12-24)16(11-23-25)14-1-3-15(21)4-2-14/h1-6,9,11H,7-8,10,12H2. The fourth-order valence-corrected chi connectivity index (χ4v) is 3.58. The Kier molecular flexibility index (Phi) is 4.55. The van der Waals surface area contributed by atoms with Crippen molar-refractivity contribution in [1.29, 1.82) is 0 Å². The third-order valence-electron chi connectivity index (χ3n) is 4.53. The highest BCUT2D eigenvalue weighted by atomic mass is 79.9. The van der Waals surface area contributed by atoms with Crippen LogP contribution in [0.3, 0.4) is 0 Å². The summed E-state index contributed by atoms with van der Waals surface area (Å²) in [5, 5.41) is 4.42.